The first-order chi connectivity index (χ1) is 9.19. The smallest absolute Gasteiger partial charge is 0.377 e. The molecule has 1 N–H and O–H groups in total. The van der Waals surface area contributed by atoms with Crippen molar-refractivity contribution in [1.29, 1.82) is 0 Å². The number of hydrogen-bond acceptors (Lipinski definition) is 7. The van der Waals surface area contributed by atoms with Crippen LogP contribution in [-0.2, 0) is 28.5 Å². The minimum Gasteiger partial charge on any atom is -0.499 e. The first kappa shape index (κ1) is 13.7. The zero-order chi connectivity index (χ0) is 14.7. The monoisotopic (exact) mass is 286 g/mol. The summed E-state index contributed by atoms with van der Waals surface area (Å²) >= 11 is 0. The maximum Gasteiger partial charge on any atom is 0.377 e. The van der Waals surface area contributed by atoms with Gasteiger partial charge in [0.05, 0.1) is 6.61 Å². The van der Waals surface area contributed by atoms with Gasteiger partial charge in [0.15, 0.2) is 23.8 Å². The molecule has 3 aliphatic rings. The van der Waals surface area contributed by atoms with Gasteiger partial charge in [0.1, 0.15) is 6.10 Å². The minimum absolute atomic E-state index is 0.101. The van der Waals surface area contributed by atoms with Crippen molar-refractivity contribution in [3.63, 3.8) is 0 Å². The Balaban J connectivity index is 1.89. The summed E-state index contributed by atoms with van der Waals surface area (Å²) in [7, 11) is 0. The third kappa shape index (κ3) is 2.15. The van der Waals surface area contributed by atoms with Crippen LogP contribution in [0.4, 0.5) is 0 Å². The molecule has 0 aromatic heterocycles. The first-order valence-electron chi connectivity index (χ1n) is 6.51. The number of rotatable bonds is 1. The lowest BCUT2D eigenvalue weighted by Crippen LogP contribution is -2.47. The second-order valence-corrected chi connectivity index (χ2v) is 5.99. The molecule has 3 rings (SSSR count). The van der Waals surface area contributed by atoms with E-state index < -0.39 is 41.6 Å². The predicted octanol–water partition coefficient (Wildman–Crippen LogP) is 0.984. The quantitative estimate of drug-likeness (QED) is 0.719. The fourth-order valence-electron chi connectivity index (χ4n) is 2.60. The van der Waals surface area contributed by atoms with E-state index in [4.69, 9.17) is 23.7 Å². The molecule has 3 atom stereocenters. The van der Waals surface area contributed by atoms with Gasteiger partial charge in [0, 0.05) is 13.8 Å². The van der Waals surface area contributed by atoms with E-state index in [0.29, 0.717) is 0 Å². The molecule has 1 unspecified atom stereocenters. The van der Waals surface area contributed by atoms with Gasteiger partial charge in [-0.25, -0.2) is 4.79 Å². The number of fused-ring (bicyclic) bond motifs is 1. The van der Waals surface area contributed by atoms with Crippen LogP contribution in [0.3, 0.4) is 0 Å². The van der Waals surface area contributed by atoms with Crippen molar-refractivity contribution in [2.75, 3.05) is 6.61 Å². The Morgan fingerprint density at radius 3 is 2.45 bits per heavy atom. The molecule has 0 aliphatic carbocycles. The molecule has 0 radical (unpaired) electrons. The average molecular weight is 286 g/mol. The van der Waals surface area contributed by atoms with Crippen LogP contribution in [0.15, 0.2) is 11.5 Å². The van der Waals surface area contributed by atoms with Crippen LogP contribution in [0.25, 0.3) is 0 Å². The summed E-state index contributed by atoms with van der Waals surface area (Å²) in [5, 5.41) is 9.77. The number of hydrogen-bond donors (Lipinski definition) is 1. The van der Waals surface area contributed by atoms with Crippen LogP contribution in [0.2, 0.25) is 0 Å². The highest BCUT2D eigenvalue weighted by molar-refractivity contribution is 5.87. The normalized spacial score (nSPS) is 38.4. The lowest BCUT2D eigenvalue weighted by molar-refractivity contribution is -0.194. The van der Waals surface area contributed by atoms with Gasteiger partial charge < -0.3 is 28.8 Å². The molecule has 0 amide bonds. The number of cyclic esters (lactones) is 1. The Labute approximate surface area is 116 Å². The third-order valence-electron chi connectivity index (χ3n) is 3.39. The standard InChI is InChI=1S/C13H18O7/c1-12(2)16-5-6(18-12)8-10-9(7(14)11(15)17-8)19-13(3,4)20-10/h6,8,10,14H,5H2,1-4H3/t6?,8-,10-/m1/s1. The Morgan fingerprint density at radius 1 is 1.15 bits per heavy atom. The summed E-state index contributed by atoms with van der Waals surface area (Å²) in [4.78, 5) is 11.7. The van der Waals surface area contributed by atoms with E-state index in [1.165, 1.54) is 0 Å². The van der Waals surface area contributed by atoms with E-state index in [2.05, 4.69) is 0 Å². The van der Waals surface area contributed by atoms with Gasteiger partial charge in [0.25, 0.3) is 0 Å². The lowest BCUT2D eigenvalue weighted by atomic mass is 10.0. The third-order valence-corrected chi connectivity index (χ3v) is 3.39. The fraction of sp³-hybridized carbons (Fsp3) is 0.769. The summed E-state index contributed by atoms with van der Waals surface area (Å²) in [6.07, 6.45) is -1.87. The number of esters is 1. The number of carbonyl (C=O) groups excluding carboxylic acids is 1. The summed E-state index contributed by atoms with van der Waals surface area (Å²) in [5.74, 6) is -2.96. The molecule has 3 aliphatic heterocycles. The molecule has 2 saturated heterocycles. The van der Waals surface area contributed by atoms with Gasteiger partial charge in [-0.1, -0.05) is 0 Å². The van der Waals surface area contributed by atoms with Crippen LogP contribution in [-0.4, -0.2) is 47.6 Å². The van der Waals surface area contributed by atoms with Crippen molar-refractivity contribution < 1.29 is 33.6 Å². The van der Waals surface area contributed by atoms with Crippen molar-refractivity contribution >= 4 is 5.97 Å². The molecule has 0 aromatic rings. The van der Waals surface area contributed by atoms with Crippen molar-refractivity contribution in [2.45, 2.75) is 57.6 Å². The number of aliphatic hydroxyl groups is 1. The summed E-state index contributed by atoms with van der Waals surface area (Å²) in [6, 6.07) is 0. The highest BCUT2D eigenvalue weighted by atomic mass is 16.8. The minimum atomic E-state index is -0.935. The Hall–Kier alpha value is -1.31. The Kier molecular flexibility index (Phi) is 2.80. The fourth-order valence-corrected chi connectivity index (χ4v) is 2.60. The maximum absolute atomic E-state index is 11.7. The van der Waals surface area contributed by atoms with Gasteiger partial charge in [-0.3, -0.25) is 0 Å². The van der Waals surface area contributed by atoms with Gasteiger partial charge >= 0.3 is 5.97 Å². The molecule has 0 aromatic carbocycles. The van der Waals surface area contributed by atoms with Crippen LogP contribution >= 0.6 is 0 Å². The van der Waals surface area contributed by atoms with Crippen molar-refractivity contribution in [3.8, 4) is 0 Å². The van der Waals surface area contributed by atoms with Gasteiger partial charge in [0.2, 0.25) is 11.5 Å². The largest absolute Gasteiger partial charge is 0.499 e. The molecule has 2 fully saturated rings. The molecule has 20 heavy (non-hydrogen) atoms. The van der Waals surface area contributed by atoms with Crippen molar-refractivity contribution in [2.24, 2.45) is 0 Å². The van der Waals surface area contributed by atoms with Crippen LogP contribution in [0.5, 0.6) is 0 Å². The van der Waals surface area contributed by atoms with E-state index in [-0.39, 0.29) is 12.4 Å². The van der Waals surface area contributed by atoms with Gasteiger partial charge in [-0.2, -0.15) is 0 Å². The lowest BCUT2D eigenvalue weighted by Gasteiger charge is -2.30. The Morgan fingerprint density at radius 2 is 1.85 bits per heavy atom. The van der Waals surface area contributed by atoms with Crippen LogP contribution in [0, 0.1) is 0 Å². The average Bonchev–Trinajstić information content (AvgIpc) is 2.83. The highest BCUT2D eigenvalue weighted by Gasteiger charge is 2.55. The SMILES string of the molecule is CC1(C)OCC([C@H]2OC(=O)C(O)=C3OC(C)(C)O[C@@H]32)O1. The maximum atomic E-state index is 11.7. The van der Waals surface area contributed by atoms with E-state index in [9.17, 15) is 9.90 Å². The van der Waals surface area contributed by atoms with E-state index in [1.807, 2.05) is 0 Å². The molecular weight excluding hydrogens is 268 g/mol. The molecule has 7 heteroatoms. The number of aliphatic hydroxyl groups excluding tert-OH is 1. The second-order valence-electron chi connectivity index (χ2n) is 5.99. The van der Waals surface area contributed by atoms with Crippen LogP contribution < -0.4 is 0 Å². The van der Waals surface area contributed by atoms with E-state index in [0.717, 1.165) is 0 Å². The Bertz CT molecular complexity index is 479. The zero-order valence-electron chi connectivity index (χ0n) is 11.8. The van der Waals surface area contributed by atoms with Gasteiger partial charge in [-0.05, 0) is 13.8 Å². The van der Waals surface area contributed by atoms with Crippen LogP contribution in [0.1, 0.15) is 27.7 Å². The van der Waals surface area contributed by atoms with E-state index >= 15 is 0 Å². The number of ether oxygens (including phenoxy) is 5. The molecule has 112 valence electrons. The molecule has 7 nitrogen and oxygen atoms in total. The first-order valence-corrected chi connectivity index (χ1v) is 6.51. The number of carbonyl (C=O) groups is 1. The van der Waals surface area contributed by atoms with E-state index in [1.54, 1.807) is 27.7 Å². The summed E-state index contributed by atoms with van der Waals surface area (Å²) < 4.78 is 27.6. The second kappa shape index (κ2) is 4.09. The molecular formula is C13H18O7. The molecule has 0 bridgehead atoms. The molecule has 0 saturated carbocycles. The van der Waals surface area contributed by atoms with Crippen molar-refractivity contribution in [3.05, 3.63) is 11.5 Å². The zero-order valence-corrected chi connectivity index (χ0v) is 11.8. The summed E-state index contributed by atoms with van der Waals surface area (Å²) in [5.41, 5.74) is 0. The highest BCUT2D eigenvalue weighted by Crippen LogP contribution is 2.40. The van der Waals surface area contributed by atoms with Crippen molar-refractivity contribution in [1.82, 2.24) is 0 Å². The predicted molar refractivity (Wildman–Crippen MR) is 64.5 cm³/mol. The van der Waals surface area contributed by atoms with Gasteiger partial charge in [-0.15, -0.1) is 0 Å². The topological polar surface area (TPSA) is 83.5 Å². The molecule has 3 heterocycles. The molecule has 0 spiro atoms. The summed E-state index contributed by atoms with van der Waals surface area (Å²) in [6.45, 7) is 7.23.